The first kappa shape index (κ1) is 20.9. The summed E-state index contributed by atoms with van der Waals surface area (Å²) in [4.78, 5) is 15.3. The van der Waals surface area contributed by atoms with Gasteiger partial charge < -0.3 is 10.2 Å². The summed E-state index contributed by atoms with van der Waals surface area (Å²) in [6.45, 7) is 12.1. The third-order valence-corrected chi connectivity index (χ3v) is 5.71. The van der Waals surface area contributed by atoms with E-state index < -0.39 is 0 Å². The largest absolute Gasteiger partial charge is 0.348 e. The lowest BCUT2D eigenvalue weighted by molar-refractivity contribution is 0.0904. The smallest absolute Gasteiger partial charge is 0.256 e. The van der Waals surface area contributed by atoms with Crippen LogP contribution in [0, 0.1) is 18.8 Å². The van der Waals surface area contributed by atoms with E-state index in [2.05, 4.69) is 36.1 Å². The zero-order chi connectivity index (χ0) is 20.3. The molecule has 0 radical (unpaired) electrons. The molecule has 1 amide bonds. The van der Waals surface area contributed by atoms with Crippen LogP contribution in [0.15, 0.2) is 30.3 Å². The lowest BCUT2D eigenvalue weighted by Gasteiger charge is -2.36. The summed E-state index contributed by atoms with van der Waals surface area (Å²) < 4.78 is 1.69. The van der Waals surface area contributed by atoms with Crippen molar-refractivity contribution in [2.45, 2.75) is 46.7 Å². The molecule has 0 spiro atoms. The predicted octanol–water partition coefficient (Wildman–Crippen LogP) is 3.99. The van der Waals surface area contributed by atoms with Crippen LogP contribution in [-0.2, 0) is 6.54 Å². The molecule has 1 aliphatic rings. The molecular formula is C22H31ClN4O. The van der Waals surface area contributed by atoms with Crippen molar-refractivity contribution in [1.82, 2.24) is 20.0 Å². The molecule has 0 unspecified atom stereocenters. The average Bonchev–Trinajstić information content (AvgIpc) is 2.88. The van der Waals surface area contributed by atoms with E-state index in [-0.39, 0.29) is 11.9 Å². The number of nitrogens with one attached hydrogen (secondary N) is 1. The summed E-state index contributed by atoms with van der Waals surface area (Å²) in [5.41, 5.74) is 2.23. The molecule has 0 saturated carbocycles. The molecule has 1 aliphatic heterocycles. The highest BCUT2D eigenvalue weighted by atomic mass is 35.5. The number of carbonyl (C=O) groups is 1. The van der Waals surface area contributed by atoms with Gasteiger partial charge in [-0.15, -0.1) is 0 Å². The minimum atomic E-state index is -0.146. The third-order valence-electron chi connectivity index (χ3n) is 5.32. The highest BCUT2D eigenvalue weighted by Gasteiger charge is 2.25. The molecule has 3 atom stereocenters. The molecule has 6 heteroatoms. The van der Waals surface area contributed by atoms with Gasteiger partial charge in [-0.2, -0.15) is 5.10 Å². The monoisotopic (exact) mass is 402 g/mol. The van der Waals surface area contributed by atoms with Crippen LogP contribution >= 0.6 is 11.6 Å². The fourth-order valence-corrected chi connectivity index (χ4v) is 4.66. The first-order chi connectivity index (χ1) is 13.3. The number of nitrogens with zero attached hydrogens (tertiary/aromatic N) is 3. The van der Waals surface area contributed by atoms with E-state index in [9.17, 15) is 4.79 Å². The maximum Gasteiger partial charge on any atom is 0.256 e. The van der Waals surface area contributed by atoms with Gasteiger partial charge in [0.15, 0.2) is 0 Å². The fraction of sp³-hybridized carbons (Fsp3) is 0.545. The Bertz CT molecular complexity index is 794. The number of hydrogen-bond donors (Lipinski definition) is 1. The topological polar surface area (TPSA) is 50.2 Å². The molecule has 28 heavy (non-hydrogen) atoms. The van der Waals surface area contributed by atoms with Crippen LogP contribution in [0.25, 0.3) is 0 Å². The van der Waals surface area contributed by atoms with Crippen LogP contribution in [0.3, 0.4) is 0 Å². The van der Waals surface area contributed by atoms with Gasteiger partial charge in [-0.3, -0.25) is 4.79 Å². The van der Waals surface area contributed by atoms with Crippen LogP contribution in [-0.4, -0.2) is 46.3 Å². The lowest BCUT2D eigenvalue weighted by atomic mass is 9.92. The molecule has 152 valence electrons. The Morgan fingerprint density at radius 1 is 1.25 bits per heavy atom. The number of rotatable bonds is 6. The normalized spacial score (nSPS) is 21.5. The lowest BCUT2D eigenvalue weighted by Crippen LogP contribution is -2.47. The van der Waals surface area contributed by atoms with Gasteiger partial charge in [0.2, 0.25) is 0 Å². The molecule has 5 nitrogen and oxygen atoms in total. The number of hydrogen-bond acceptors (Lipinski definition) is 3. The van der Waals surface area contributed by atoms with Gasteiger partial charge in [0.05, 0.1) is 17.8 Å². The van der Waals surface area contributed by atoms with Crippen molar-refractivity contribution >= 4 is 17.5 Å². The highest BCUT2D eigenvalue weighted by Crippen LogP contribution is 2.22. The van der Waals surface area contributed by atoms with Crippen molar-refractivity contribution in [3.05, 3.63) is 52.3 Å². The van der Waals surface area contributed by atoms with Crippen molar-refractivity contribution in [3.63, 3.8) is 0 Å². The molecule has 3 rings (SSSR count). The summed E-state index contributed by atoms with van der Waals surface area (Å²) in [6, 6.07) is 10.0. The second-order valence-electron chi connectivity index (χ2n) is 8.43. The zero-order valence-electron chi connectivity index (χ0n) is 17.3. The Labute approximate surface area is 173 Å². The van der Waals surface area contributed by atoms with Gasteiger partial charge in [0.1, 0.15) is 5.15 Å². The number of carbonyl (C=O) groups excluding carboxylic acids is 1. The second kappa shape index (κ2) is 9.10. The van der Waals surface area contributed by atoms with Crippen molar-refractivity contribution in [2.75, 3.05) is 19.6 Å². The van der Waals surface area contributed by atoms with Gasteiger partial charge >= 0.3 is 0 Å². The second-order valence-corrected chi connectivity index (χ2v) is 8.79. The Kier molecular flexibility index (Phi) is 6.78. The van der Waals surface area contributed by atoms with E-state index in [0.717, 1.165) is 25.2 Å². The minimum absolute atomic E-state index is 0.0536. The van der Waals surface area contributed by atoms with E-state index in [1.807, 2.05) is 37.3 Å². The van der Waals surface area contributed by atoms with Crippen LogP contribution < -0.4 is 5.32 Å². The Morgan fingerprint density at radius 2 is 1.89 bits per heavy atom. The maximum atomic E-state index is 12.9. The van der Waals surface area contributed by atoms with E-state index in [0.29, 0.717) is 34.8 Å². The van der Waals surface area contributed by atoms with Crippen LogP contribution in [0.4, 0.5) is 0 Å². The molecule has 1 aromatic heterocycles. The average molecular weight is 403 g/mol. The van der Waals surface area contributed by atoms with Crippen molar-refractivity contribution < 1.29 is 4.79 Å². The molecule has 0 bridgehead atoms. The molecule has 2 heterocycles. The molecule has 1 N–H and O–H groups in total. The quantitative estimate of drug-likeness (QED) is 0.794. The van der Waals surface area contributed by atoms with E-state index in [1.54, 1.807) is 4.68 Å². The van der Waals surface area contributed by atoms with Gasteiger partial charge in [0, 0.05) is 25.7 Å². The Hall–Kier alpha value is -1.85. The molecule has 1 fully saturated rings. The van der Waals surface area contributed by atoms with Gasteiger partial charge in [-0.05, 0) is 37.7 Å². The Balaban J connectivity index is 1.64. The van der Waals surface area contributed by atoms with Crippen LogP contribution in [0.1, 0.15) is 48.8 Å². The van der Waals surface area contributed by atoms with Gasteiger partial charge in [-0.25, -0.2) is 4.68 Å². The number of aromatic nitrogens is 2. The van der Waals surface area contributed by atoms with Crippen molar-refractivity contribution in [2.24, 2.45) is 11.8 Å². The van der Waals surface area contributed by atoms with Crippen LogP contribution in [0.2, 0.25) is 5.15 Å². The summed E-state index contributed by atoms with van der Waals surface area (Å²) >= 11 is 6.52. The number of amides is 1. The predicted molar refractivity (Wildman–Crippen MR) is 114 cm³/mol. The van der Waals surface area contributed by atoms with Gasteiger partial charge in [-0.1, -0.05) is 55.8 Å². The summed E-state index contributed by atoms with van der Waals surface area (Å²) in [5.74, 6) is 1.27. The minimum Gasteiger partial charge on any atom is -0.348 e. The van der Waals surface area contributed by atoms with Gasteiger partial charge in [0.25, 0.3) is 5.91 Å². The SMILES string of the molecule is Cc1nn(Cc2ccccc2)c(Cl)c1C(=O)N[C@H](C)CN1C[C@@H](C)C[C@H](C)C1. The summed E-state index contributed by atoms with van der Waals surface area (Å²) in [5, 5.41) is 7.99. The molecule has 1 saturated heterocycles. The number of piperidine rings is 1. The standard InChI is InChI=1S/C22H31ClN4O/c1-15-10-16(2)12-26(11-15)13-17(3)24-22(28)20-18(4)25-27(21(20)23)14-19-8-6-5-7-9-19/h5-9,15-17H,10-14H2,1-4H3,(H,24,28)/t15-,16-,17+/m0/s1. The highest BCUT2D eigenvalue weighted by molar-refractivity contribution is 6.33. The Morgan fingerprint density at radius 3 is 2.54 bits per heavy atom. The molecule has 1 aromatic carbocycles. The first-order valence-electron chi connectivity index (χ1n) is 10.1. The first-order valence-corrected chi connectivity index (χ1v) is 10.5. The number of benzene rings is 1. The summed E-state index contributed by atoms with van der Waals surface area (Å²) in [7, 11) is 0. The van der Waals surface area contributed by atoms with E-state index >= 15 is 0 Å². The third kappa shape index (κ3) is 5.15. The van der Waals surface area contributed by atoms with Crippen molar-refractivity contribution in [1.29, 1.82) is 0 Å². The zero-order valence-corrected chi connectivity index (χ0v) is 18.0. The molecular weight excluding hydrogens is 372 g/mol. The fourth-order valence-electron chi connectivity index (χ4n) is 4.34. The maximum absolute atomic E-state index is 12.9. The number of halogens is 1. The van der Waals surface area contributed by atoms with E-state index in [4.69, 9.17) is 11.6 Å². The van der Waals surface area contributed by atoms with Crippen molar-refractivity contribution in [3.8, 4) is 0 Å². The van der Waals surface area contributed by atoms with E-state index in [1.165, 1.54) is 6.42 Å². The number of likely N-dealkylation sites (tertiary alicyclic amines) is 1. The molecule has 0 aliphatic carbocycles. The van der Waals surface area contributed by atoms with Crippen LogP contribution in [0.5, 0.6) is 0 Å². The number of aryl methyl sites for hydroxylation is 1. The molecule has 2 aromatic rings. The summed E-state index contributed by atoms with van der Waals surface area (Å²) in [6.07, 6.45) is 1.28.